The number of aliphatic hydroxyl groups is 1. The minimum absolute atomic E-state index is 0.0101. The maximum atomic E-state index is 14.2. The van der Waals surface area contributed by atoms with Crippen LogP contribution in [0.1, 0.15) is 104 Å². The van der Waals surface area contributed by atoms with Gasteiger partial charge in [0, 0.05) is 38.6 Å². The molecule has 1 saturated heterocycles. The molecule has 0 radical (unpaired) electrons. The Balaban J connectivity index is 2.36. The third-order valence-electron chi connectivity index (χ3n) is 11.3. The van der Waals surface area contributed by atoms with Crippen molar-refractivity contribution in [1.82, 2.24) is 47.2 Å². The Morgan fingerprint density at radius 1 is 0.667 bits per heavy atom. The normalized spacial score (nSPS) is 15.8. The van der Waals surface area contributed by atoms with Gasteiger partial charge in [-0.05, 0) is 44.4 Å². The summed E-state index contributed by atoms with van der Waals surface area (Å²) in [5.74, 6) is -15.9. The summed E-state index contributed by atoms with van der Waals surface area (Å²) >= 11 is 0. The van der Waals surface area contributed by atoms with Gasteiger partial charge >= 0.3 is 17.9 Å². The molecule has 9 amide bonds. The number of hydrazine groups is 1. The van der Waals surface area contributed by atoms with Gasteiger partial charge in [-0.25, -0.2) is 5.01 Å². The molecule has 1 heterocycles. The highest BCUT2D eigenvalue weighted by Crippen LogP contribution is 2.25. The van der Waals surface area contributed by atoms with Gasteiger partial charge in [0.15, 0.2) is 0 Å². The van der Waals surface area contributed by atoms with E-state index in [2.05, 4.69) is 32.0 Å². The summed E-state index contributed by atoms with van der Waals surface area (Å²) in [6, 6.07) is -9.58. The first kappa shape index (κ1) is 62.7. The van der Waals surface area contributed by atoms with Crippen molar-refractivity contribution in [3.63, 3.8) is 0 Å². The van der Waals surface area contributed by atoms with Gasteiger partial charge in [-0.2, -0.15) is 0 Å². The third kappa shape index (κ3) is 19.2. The second-order valence-corrected chi connectivity index (χ2v) is 18.1. The van der Waals surface area contributed by atoms with Crippen molar-refractivity contribution in [2.24, 2.45) is 11.8 Å². The average molecular weight is 1070 g/mol. The zero-order valence-corrected chi connectivity index (χ0v) is 42.0. The van der Waals surface area contributed by atoms with Crippen molar-refractivity contribution in [2.45, 2.75) is 142 Å². The summed E-state index contributed by atoms with van der Waals surface area (Å²) in [7, 11) is 0. The number of carbonyl (C=O) groups excluding carboxylic acids is 9. The number of aliphatic hydroxyl groups excluding tert-OH is 1. The average Bonchev–Trinajstić information content (AvgIpc) is 3.81. The van der Waals surface area contributed by atoms with E-state index in [1.807, 2.05) is 5.32 Å². The number of aliphatic carboxylic acids is 3. The quantitative estimate of drug-likeness (QED) is 0.0314. The molecule has 1 aliphatic heterocycles. The van der Waals surface area contributed by atoms with Gasteiger partial charge in [-0.1, -0.05) is 34.6 Å². The number of benzene rings is 1. The van der Waals surface area contributed by atoms with Gasteiger partial charge in [0.25, 0.3) is 23.2 Å². The first-order valence-corrected chi connectivity index (χ1v) is 23.4. The summed E-state index contributed by atoms with van der Waals surface area (Å²) in [6.07, 6.45) is -4.82. The lowest BCUT2D eigenvalue weighted by Crippen LogP contribution is -2.62. The molecule has 414 valence electrons. The number of hydrogen-bond acceptors (Lipinski definition) is 17. The smallest absolute Gasteiger partial charge is 0.305 e. The molecule has 1 aromatic rings. The summed E-state index contributed by atoms with van der Waals surface area (Å²) in [5.41, 5.74) is 0.404. The van der Waals surface area contributed by atoms with E-state index < -0.39 is 184 Å². The van der Waals surface area contributed by atoms with Crippen LogP contribution in [0.3, 0.4) is 0 Å². The van der Waals surface area contributed by atoms with E-state index in [1.54, 1.807) is 20.8 Å². The van der Waals surface area contributed by atoms with Crippen LogP contribution in [0.25, 0.3) is 0 Å². The molecule has 8 atom stereocenters. The molecule has 1 aromatic carbocycles. The Labute approximate surface area is 427 Å². The van der Waals surface area contributed by atoms with E-state index in [1.165, 1.54) is 13.8 Å². The van der Waals surface area contributed by atoms with Crippen LogP contribution in [0.5, 0.6) is 0 Å². The molecule has 31 heteroatoms. The number of nitrogens with zero attached hydrogens (tertiary/aromatic N) is 4. The molecule has 11 N–H and O–H groups in total. The molecule has 0 aromatic heterocycles. The fourth-order valence-electron chi connectivity index (χ4n) is 7.49. The second kappa shape index (κ2) is 28.8. The molecule has 75 heavy (non-hydrogen) atoms. The minimum Gasteiger partial charge on any atom is -0.481 e. The topological polar surface area (TPSA) is 463 Å². The maximum absolute atomic E-state index is 14.2. The number of non-ortho nitro benzene ring substituents is 2. The Morgan fingerprint density at radius 2 is 1.13 bits per heavy atom. The van der Waals surface area contributed by atoms with Crippen LogP contribution >= 0.6 is 0 Å². The number of amides is 9. The van der Waals surface area contributed by atoms with Crippen molar-refractivity contribution in [1.29, 1.82) is 0 Å². The van der Waals surface area contributed by atoms with Crippen LogP contribution in [0.2, 0.25) is 0 Å². The highest BCUT2D eigenvalue weighted by Gasteiger charge is 2.42. The summed E-state index contributed by atoms with van der Waals surface area (Å²) < 4.78 is 0. The number of nitro benzene ring substituents is 2. The van der Waals surface area contributed by atoms with Crippen molar-refractivity contribution in [3.05, 3.63) is 44.0 Å². The molecule has 0 spiro atoms. The molecule has 31 nitrogen and oxygen atoms in total. The second-order valence-electron chi connectivity index (χ2n) is 18.1. The van der Waals surface area contributed by atoms with Crippen LogP contribution in [0.4, 0.5) is 11.4 Å². The van der Waals surface area contributed by atoms with Crippen molar-refractivity contribution < 1.29 is 87.8 Å². The number of rotatable bonds is 28. The molecule has 1 aliphatic rings. The predicted octanol–water partition coefficient (Wildman–Crippen LogP) is -2.19. The van der Waals surface area contributed by atoms with Gasteiger partial charge in [0.2, 0.25) is 41.4 Å². The largest absolute Gasteiger partial charge is 0.481 e. The van der Waals surface area contributed by atoms with Crippen molar-refractivity contribution in [2.75, 3.05) is 13.1 Å². The van der Waals surface area contributed by atoms with Gasteiger partial charge < -0.3 is 57.2 Å². The highest BCUT2D eigenvalue weighted by molar-refractivity contribution is 6.00. The van der Waals surface area contributed by atoms with E-state index >= 15 is 0 Å². The first-order chi connectivity index (χ1) is 34.9. The number of nitrogens with one attached hydrogen (secondary N) is 7. The molecule has 2 rings (SSSR count). The third-order valence-corrected chi connectivity index (χ3v) is 11.3. The monoisotopic (exact) mass is 1070 g/mol. The molecule has 0 saturated carbocycles. The van der Waals surface area contributed by atoms with E-state index in [4.69, 9.17) is 0 Å². The molecular weight excluding hydrogens is 1000 g/mol. The molecular formula is C44H63N11O20. The molecule has 0 aliphatic carbocycles. The first-order valence-electron chi connectivity index (χ1n) is 23.4. The van der Waals surface area contributed by atoms with Crippen LogP contribution in [0, 0.1) is 32.1 Å². The van der Waals surface area contributed by atoms with Gasteiger partial charge in [0.05, 0.1) is 40.4 Å². The Hall–Kier alpha value is -8.38. The zero-order valence-electron chi connectivity index (χ0n) is 42.0. The summed E-state index contributed by atoms with van der Waals surface area (Å²) in [6.45, 7) is 9.47. The van der Waals surface area contributed by atoms with Crippen molar-refractivity contribution in [3.8, 4) is 0 Å². The molecule has 0 bridgehead atoms. The van der Waals surface area contributed by atoms with E-state index in [0.29, 0.717) is 6.07 Å². The Kier molecular flexibility index (Phi) is 24.1. The van der Waals surface area contributed by atoms with Gasteiger partial charge in [-0.15, -0.1) is 0 Å². The van der Waals surface area contributed by atoms with Gasteiger partial charge in [0.1, 0.15) is 42.3 Å². The lowest BCUT2D eigenvalue weighted by Gasteiger charge is -2.33. The lowest BCUT2D eigenvalue weighted by atomic mass is 9.98. The summed E-state index contributed by atoms with van der Waals surface area (Å²) in [5, 5.41) is 75.6. The number of carbonyl (C=O) groups is 12. The maximum Gasteiger partial charge on any atom is 0.305 e. The Morgan fingerprint density at radius 3 is 1.59 bits per heavy atom. The number of carboxylic acid groups (broad SMARTS) is 3. The predicted molar refractivity (Wildman–Crippen MR) is 254 cm³/mol. The minimum atomic E-state index is -2.03. The highest BCUT2D eigenvalue weighted by atomic mass is 16.6. The van der Waals surface area contributed by atoms with E-state index in [9.17, 15) is 98.2 Å². The lowest BCUT2D eigenvalue weighted by molar-refractivity contribution is -0.394. The fraction of sp³-hybridized carbons (Fsp3) is 0.591. The fourth-order valence-corrected chi connectivity index (χ4v) is 7.49. The summed E-state index contributed by atoms with van der Waals surface area (Å²) in [4.78, 5) is 178. The van der Waals surface area contributed by atoms with Crippen LogP contribution in [-0.2, 0) is 52.7 Å². The SMILES string of the molecule is CCCN(NC(=O)[C@H]1CCCN1C(=O)[C@@H](NC(=O)[C@@H](NC(=O)[C@H](CC(=O)O)NC(=O)[C@H](CCC(=O)O)NC(=O)[C@@H](NC(=O)[C@H](CC(=O)O)NC(C)=O)[C@@H](C)O)C(C)C)C(C)C)C(=O)c1cc([N+](=O)[O-])cc([N+](=O)[O-])c1. The molecule has 1 fully saturated rings. The van der Waals surface area contributed by atoms with E-state index in [-0.39, 0.29) is 32.4 Å². The zero-order chi connectivity index (χ0) is 57.2. The van der Waals surface area contributed by atoms with Crippen molar-refractivity contribution >= 4 is 82.4 Å². The standard InChI is InChI=1S/C44H63N11O20/c1-8-13-53(43(70)24-15-25(54(72)73)17-26(16-24)55(74)75)51-40(67)30-10-9-14-52(30)44(71)35(21(4)5)49-41(68)34(20(2)3)48-39(66)29(19-33(62)63)47-37(64)27(11-12-31(58)59)46-42(69)36(22(6)56)50-38(65)28(18-32(60)61)45-23(7)57/h15-17,20-22,27-30,34-36,56H,8-14,18-19H2,1-7H3,(H,45,57)(H,46,69)(H,47,64)(H,48,66)(H,49,68)(H,50,65)(H,51,67)(H,58,59)(H,60,61)(H,62,63)/t22-,27+,28+,29+,30-,34+,35+,36+/m1/s1. The van der Waals surface area contributed by atoms with Crippen LogP contribution < -0.4 is 37.3 Å². The number of carboxylic acids is 3. The molecule has 0 unspecified atom stereocenters. The van der Waals surface area contributed by atoms with Gasteiger partial charge in [-0.3, -0.25) is 83.2 Å². The number of hydrogen-bond donors (Lipinski definition) is 11. The van der Waals surface area contributed by atoms with Crippen LogP contribution in [0.15, 0.2) is 18.2 Å². The number of nitro groups is 2. The number of likely N-dealkylation sites (tertiary alicyclic amines) is 1. The Bertz CT molecular complexity index is 2330. The van der Waals surface area contributed by atoms with E-state index in [0.717, 1.165) is 35.9 Å². The van der Waals surface area contributed by atoms with Crippen LogP contribution in [-0.4, -0.2) is 173 Å².